The fraction of sp³-hybridized carbons (Fsp3) is 0.217. The Morgan fingerprint density at radius 3 is 2.55 bits per heavy atom. The first-order chi connectivity index (χ1) is 15.0. The highest BCUT2D eigenvalue weighted by Crippen LogP contribution is 2.30. The first-order valence-corrected chi connectivity index (χ1v) is 10.9. The summed E-state index contributed by atoms with van der Waals surface area (Å²) in [7, 11) is 0. The number of carbonyl (C=O) groups is 1. The molecule has 0 aliphatic rings. The highest BCUT2D eigenvalue weighted by Gasteiger charge is 2.21. The van der Waals surface area contributed by atoms with Crippen LogP contribution in [0.5, 0.6) is 5.75 Å². The van der Waals surface area contributed by atoms with Gasteiger partial charge in [-0.1, -0.05) is 47.1 Å². The third kappa shape index (κ3) is 4.03. The van der Waals surface area contributed by atoms with Gasteiger partial charge in [0, 0.05) is 4.47 Å². The van der Waals surface area contributed by atoms with Crippen LogP contribution in [0.4, 0.5) is 5.69 Å². The second-order valence-corrected chi connectivity index (χ2v) is 7.85. The van der Waals surface area contributed by atoms with Crippen molar-refractivity contribution < 1.29 is 9.53 Å². The molecule has 158 valence electrons. The molecule has 0 aliphatic heterocycles. The van der Waals surface area contributed by atoms with Crippen molar-refractivity contribution in [2.45, 2.75) is 27.2 Å². The topological polar surface area (TPSA) is 81.4 Å². The molecular weight excluding hydrogens is 458 g/mol. The number of nitrogens with one attached hydrogen (secondary N) is 1. The summed E-state index contributed by atoms with van der Waals surface area (Å²) < 4.78 is 8.29. The van der Waals surface area contributed by atoms with Crippen LogP contribution < -0.4 is 10.1 Å². The number of nitrogens with zero attached hydrogens (tertiary/aromatic N) is 4. The maximum Gasteiger partial charge on any atom is 0.278 e. The number of aromatic nitrogens is 4. The van der Waals surface area contributed by atoms with Crippen LogP contribution in [0.3, 0.4) is 0 Å². The van der Waals surface area contributed by atoms with Crippen molar-refractivity contribution in [3.8, 4) is 16.9 Å². The fourth-order valence-corrected chi connectivity index (χ4v) is 3.72. The monoisotopic (exact) mass is 479 g/mol. The van der Waals surface area contributed by atoms with E-state index in [0.29, 0.717) is 29.4 Å². The van der Waals surface area contributed by atoms with E-state index in [-0.39, 0.29) is 11.6 Å². The van der Waals surface area contributed by atoms with E-state index in [4.69, 9.17) is 9.84 Å². The van der Waals surface area contributed by atoms with Gasteiger partial charge in [0.05, 0.1) is 29.2 Å². The van der Waals surface area contributed by atoms with Crippen molar-refractivity contribution in [3.63, 3.8) is 0 Å². The zero-order valence-corrected chi connectivity index (χ0v) is 19.1. The Morgan fingerprint density at radius 1 is 1.10 bits per heavy atom. The molecule has 0 spiro atoms. The second kappa shape index (κ2) is 8.85. The molecule has 0 aliphatic carbocycles. The highest BCUT2D eigenvalue weighted by molar-refractivity contribution is 9.10. The third-order valence-corrected chi connectivity index (χ3v) is 5.49. The second-order valence-electron chi connectivity index (χ2n) is 6.93. The molecule has 0 fully saturated rings. The standard InChI is InChI=1S/C23H22BrN5O2/c1-4-17-20(15-10-12-16(24)13-11-15)22-27-26-21(14(3)29(22)28-17)23(30)25-18-8-6-7-9-19(18)31-5-2/h6-13H,4-5H2,1-3H3,(H,25,30). The van der Waals surface area contributed by atoms with Crippen LogP contribution in [0.25, 0.3) is 16.8 Å². The van der Waals surface area contributed by atoms with E-state index in [1.54, 1.807) is 10.6 Å². The van der Waals surface area contributed by atoms with Gasteiger partial charge in [-0.3, -0.25) is 4.79 Å². The number of aryl methyl sites for hydroxylation is 2. The predicted octanol–water partition coefficient (Wildman–Crippen LogP) is 5.08. The van der Waals surface area contributed by atoms with Crippen LogP contribution >= 0.6 is 15.9 Å². The Hall–Kier alpha value is -3.26. The summed E-state index contributed by atoms with van der Waals surface area (Å²) in [5.74, 6) is 0.243. The minimum absolute atomic E-state index is 0.214. The number of para-hydroxylation sites is 2. The molecular formula is C23H22BrN5O2. The molecule has 0 atom stereocenters. The van der Waals surface area contributed by atoms with Crippen LogP contribution in [0.1, 0.15) is 35.7 Å². The minimum Gasteiger partial charge on any atom is -0.492 e. The third-order valence-electron chi connectivity index (χ3n) is 4.96. The van der Waals surface area contributed by atoms with E-state index in [1.165, 1.54) is 0 Å². The van der Waals surface area contributed by atoms with Gasteiger partial charge in [-0.15, -0.1) is 10.2 Å². The summed E-state index contributed by atoms with van der Waals surface area (Å²) in [4.78, 5) is 13.0. The number of amides is 1. The summed E-state index contributed by atoms with van der Waals surface area (Å²) in [5.41, 5.74) is 4.88. The van der Waals surface area contributed by atoms with Gasteiger partial charge in [0.1, 0.15) is 5.75 Å². The van der Waals surface area contributed by atoms with E-state index in [0.717, 1.165) is 27.7 Å². The van der Waals surface area contributed by atoms with E-state index < -0.39 is 0 Å². The molecule has 0 bridgehead atoms. The molecule has 1 amide bonds. The number of benzene rings is 2. The Morgan fingerprint density at radius 2 is 1.84 bits per heavy atom. The molecule has 0 saturated heterocycles. The van der Waals surface area contributed by atoms with E-state index in [9.17, 15) is 4.79 Å². The van der Waals surface area contributed by atoms with Gasteiger partial charge >= 0.3 is 0 Å². The molecule has 8 heteroatoms. The molecule has 7 nitrogen and oxygen atoms in total. The fourth-order valence-electron chi connectivity index (χ4n) is 3.45. The van der Waals surface area contributed by atoms with Crippen molar-refractivity contribution in [2.75, 3.05) is 11.9 Å². The van der Waals surface area contributed by atoms with Crippen molar-refractivity contribution in [1.29, 1.82) is 0 Å². The van der Waals surface area contributed by atoms with Gasteiger partial charge in [-0.05, 0) is 50.1 Å². The van der Waals surface area contributed by atoms with Gasteiger partial charge in [-0.25, -0.2) is 4.52 Å². The average Bonchev–Trinajstić information content (AvgIpc) is 3.15. The van der Waals surface area contributed by atoms with Crippen molar-refractivity contribution in [2.24, 2.45) is 0 Å². The largest absolute Gasteiger partial charge is 0.492 e. The summed E-state index contributed by atoms with van der Waals surface area (Å²) in [5, 5.41) is 16.2. The number of hydrogen-bond acceptors (Lipinski definition) is 5. The lowest BCUT2D eigenvalue weighted by atomic mass is 10.0. The molecule has 31 heavy (non-hydrogen) atoms. The average molecular weight is 480 g/mol. The minimum atomic E-state index is -0.363. The number of anilines is 1. The van der Waals surface area contributed by atoms with Gasteiger partial charge < -0.3 is 10.1 Å². The Bertz CT molecular complexity index is 1250. The van der Waals surface area contributed by atoms with E-state index >= 15 is 0 Å². The zero-order chi connectivity index (χ0) is 22.0. The molecule has 1 N–H and O–H groups in total. The highest BCUT2D eigenvalue weighted by atomic mass is 79.9. The number of ether oxygens (including phenoxy) is 1. The summed E-state index contributed by atoms with van der Waals surface area (Å²) in [6, 6.07) is 15.3. The van der Waals surface area contributed by atoms with E-state index in [1.807, 2.05) is 63.2 Å². The molecule has 0 saturated carbocycles. The zero-order valence-electron chi connectivity index (χ0n) is 17.5. The molecule has 0 unspecified atom stereocenters. The summed E-state index contributed by atoms with van der Waals surface area (Å²) >= 11 is 3.47. The van der Waals surface area contributed by atoms with Crippen molar-refractivity contribution in [3.05, 3.63) is 70.1 Å². The number of rotatable bonds is 6. The molecule has 2 aromatic heterocycles. The SMILES string of the molecule is CCOc1ccccc1NC(=O)c1nnc2c(-c3ccc(Br)cc3)c(CC)nn2c1C. The molecule has 2 aromatic carbocycles. The van der Waals surface area contributed by atoms with Crippen molar-refractivity contribution in [1.82, 2.24) is 19.8 Å². The Balaban J connectivity index is 1.75. The molecule has 0 radical (unpaired) electrons. The van der Waals surface area contributed by atoms with Crippen LogP contribution in [0, 0.1) is 6.92 Å². The number of carbonyl (C=O) groups excluding carboxylic acids is 1. The maximum absolute atomic E-state index is 13.0. The van der Waals surface area contributed by atoms with Crippen molar-refractivity contribution >= 4 is 33.2 Å². The molecule has 4 rings (SSSR count). The lowest BCUT2D eigenvalue weighted by molar-refractivity contribution is 0.101. The first-order valence-electron chi connectivity index (χ1n) is 10.1. The lowest BCUT2D eigenvalue weighted by Gasteiger charge is -2.12. The Labute approximate surface area is 188 Å². The van der Waals surface area contributed by atoms with Gasteiger partial charge in [0.25, 0.3) is 5.91 Å². The smallest absolute Gasteiger partial charge is 0.278 e. The summed E-state index contributed by atoms with van der Waals surface area (Å²) in [6.07, 6.45) is 0.734. The predicted molar refractivity (Wildman–Crippen MR) is 124 cm³/mol. The summed E-state index contributed by atoms with van der Waals surface area (Å²) in [6.45, 7) is 6.27. The van der Waals surface area contributed by atoms with Crippen LogP contribution in [-0.4, -0.2) is 32.3 Å². The molecule has 2 heterocycles. The number of halogens is 1. The van der Waals surface area contributed by atoms with Gasteiger partial charge in [0.2, 0.25) is 0 Å². The van der Waals surface area contributed by atoms with Gasteiger partial charge in [-0.2, -0.15) is 5.10 Å². The van der Waals surface area contributed by atoms with Gasteiger partial charge in [0.15, 0.2) is 11.3 Å². The maximum atomic E-state index is 13.0. The molecule has 4 aromatic rings. The normalized spacial score (nSPS) is 11.0. The van der Waals surface area contributed by atoms with Crippen LogP contribution in [0.2, 0.25) is 0 Å². The van der Waals surface area contributed by atoms with E-state index in [2.05, 4.69) is 31.4 Å². The lowest BCUT2D eigenvalue weighted by Crippen LogP contribution is -2.19. The first kappa shape index (κ1) is 21.0. The van der Waals surface area contributed by atoms with Crippen LogP contribution in [-0.2, 0) is 6.42 Å². The van der Waals surface area contributed by atoms with Crippen LogP contribution in [0.15, 0.2) is 53.0 Å². The number of hydrogen-bond donors (Lipinski definition) is 1. The Kier molecular flexibility index (Phi) is 5.99. The quantitative estimate of drug-likeness (QED) is 0.417. The number of fused-ring (bicyclic) bond motifs is 1.